The van der Waals surface area contributed by atoms with Gasteiger partial charge in [-0.3, -0.25) is 0 Å². The van der Waals surface area contributed by atoms with Crippen molar-refractivity contribution in [3.8, 4) is 28.1 Å². The number of aromatic nitrogens is 4. The monoisotopic (exact) mass is 390 g/mol. The van der Waals surface area contributed by atoms with E-state index in [0.717, 1.165) is 50.6 Å². The lowest BCUT2D eigenvalue weighted by atomic mass is 9.92. The molecule has 0 saturated heterocycles. The second-order valence-corrected chi connectivity index (χ2v) is 7.40. The third-order valence-electron chi connectivity index (χ3n) is 5.66. The summed E-state index contributed by atoms with van der Waals surface area (Å²) in [5.41, 5.74) is 7.42. The number of imidazole rings is 2. The summed E-state index contributed by atoms with van der Waals surface area (Å²) in [5, 5.41) is 2.31. The summed E-state index contributed by atoms with van der Waals surface area (Å²) in [4.78, 5) is 15.5. The Morgan fingerprint density at radius 2 is 1.83 bits per heavy atom. The molecule has 3 aromatic carbocycles. The molecule has 6 rings (SSSR count). The molecule has 2 aromatic heterocycles. The van der Waals surface area contributed by atoms with E-state index in [1.165, 1.54) is 16.5 Å². The molecular formula is C25H18N4O. The molecule has 3 heterocycles. The van der Waals surface area contributed by atoms with Crippen molar-refractivity contribution in [1.29, 1.82) is 0 Å². The Morgan fingerprint density at radius 1 is 0.933 bits per heavy atom. The molecule has 0 unspecified atom stereocenters. The van der Waals surface area contributed by atoms with E-state index >= 15 is 0 Å². The first-order valence-electron chi connectivity index (χ1n) is 9.76. The van der Waals surface area contributed by atoms with Crippen molar-refractivity contribution in [3.05, 3.63) is 79.0 Å². The smallest absolute Gasteiger partial charge is 0.130 e. The first kappa shape index (κ1) is 16.8. The average Bonchev–Trinajstić information content (AvgIpc) is 3.44. The number of nitrogens with one attached hydrogen (secondary N) is 2. The van der Waals surface area contributed by atoms with E-state index in [1.54, 1.807) is 12.2 Å². The number of hydrogen-bond donors (Lipinski definition) is 2. The van der Waals surface area contributed by atoms with Gasteiger partial charge in [0.05, 0.1) is 22.9 Å². The van der Waals surface area contributed by atoms with E-state index in [-0.39, 0.29) is 0 Å². The van der Waals surface area contributed by atoms with Crippen molar-refractivity contribution in [2.24, 2.45) is 0 Å². The maximum Gasteiger partial charge on any atom is 0.130 e. The zero-order valence-corrected chi connectivity index (χ0v) is 16.2. The summed E-state index contributed by atoms with van der Waals surface area (Å²) in [7, 11) is 0. The molecule has 0 amide bonds. The maximum absolute atomic E-state index is 6.14. The molecule has 0 aliphatic carbocycles. The first-order chi connectivity index (χ1) is 14.7. The van der Waals surface area contributed by atoms with Crippen molar-refractivity contribution in [3.63, 3.8) is 0 Å². The van der Waals surface area contributed by atoms with Gasteiger partial charge in [-0.05, 0) is 59.0 Å². The number of rotatable bonds is 3. The molecule has 0 spiro atoms. The van der Waals surface area contributed by atoms with Crippen LogP contribution in [0.1, 0.15) is 17.2 Å². The lowest BCUT2D eigenvalue weighted by Gasteiger charge is -2.22. The van der Waals surface area contributed by atoms with Gasteiger partial charge in [0.15, 0.2) is 0 Å². The fourth-order valence-corrected chi connectivity index (χ4v) is 4.16. The zero-order chi connectivity index (χ0) is 20.2. The largest absolute Gasteiger partial charge is 0.488 e. The van der Waals surface area contributed by atoms with E-state index in [2.05, 4.69) is 69.5 Å². The number of hydrogen-bond acceptors (Lipinski definition) is 3. The average molecular weight is 390 g/mol. The number of benzene rings is 3. The molecule has 0 fully saturated rings. The summed E-state index contributed by atoms with van der Waals surface area (Å²) in [6, 6.07) is 14.9. The van der Waals surface area contributed by atoms with Crippen LogP contribution in [0.25, 0.3) is 56.3 Å². The van der Waals surface area contributed by atoms with Gasteiger partial charge < -0.3 is 14.7 Å². The molecule has 144 valence electrons. The van der Waals surface area contributed by atoms with E-state index in [1.807, 2.05) is 12.3 Å². The van der Waals surface area contributed by atoms with Crippen LogP contribution in [0, 0.1) is 0 Å². The SMILES string of the molecule is C=Cc1ncc(-c2ccc3c(c2)OCc2cc4c(ccc5nc(C=C)[nH]c54)cc2-3)[nH]1. The zero-order valence-electron chi connectivity index (χ0n) is 16.2. The van der Waals surface area contributed by atoms with E-state index in [0.29, 0.717) is 6.61 Å². The van der Waals surface area contributed by atoms with Gasteiger partial charge >= 0.3 is 0 Å². The second-order valence-electron chi connectivity index (χ2n) is 7.40. The van der Waals surface area contributed by atoms with Crippen molar-refractivity contribution in [2.75, 3.05) is 0 Å². The Kier molecular flexibility index (Phi) is 3.47. The molecule has 1 aliphatic rings. The van der Waals surface area contributed by atoms with Gasteiger partial charge in [0.2, 0.25) is 0 Å². The van der Waals surface area contributed by atoms with Gasteiger partial charge in [-0.2, -0.15) is 0 Å². The molecule has 1 aliphatic heterocycles. The van der Waals surface area contributed by atoms with Crippen LogP contribution in [0.3, 0.4) is 0 Å². The quantitative estimate of drug-likeness (QED) is 0.400. The number of ether oxygens (including phenoxy) is 1. The number of H-pyrrole nitrogens is 2. The Balaban J connectivity index is 1.50. The van der Waals surface area contributed by atoms with E-state index < -0.39 is 0 Å². The van der Waals surface area contributed by atoms with Crippen molar-refractivity contribution >= 4 is 34.0 Å². The highest BCUT2D eigenvalue weighted by Gasteiger charge is 2.20. The van der Waals surface area contributed by atoms with Crippen LogP contribution in [0.15, 0.2) is 61.8 Å². The highest BCUT2D eigenvalue weighted by Crippen LogP contribution is 2.42. The predicted molar refractivity (Wildman–Crippen MR) is 121 cm³/mol. The third-order valence-corrected chi connectivity index (χ3v) is 5.66. The predicted octanol–water partition coefficient (Wildman–Crippen LogP) is 5.95. The molecule has 5 heteroatoms. The maximum atomic E-state index is 6.14. The standard InChI is InChI=1S/C25H18N4O/c1-3-23-26-12-21(28-23)15-5-7-17-18-9-14-6-8-20-25(29-24(4-2)27-20)19(14)10-16(18)13-30-22(17)11-15/h3-12H,1-2,13H2,(H,26,28)(H,27,29). The summed E-state index contributed by atoms with van der Waals surface area (Å²) < 4.78 is 6.14. The summed E-state index contributed by atoms with van der Waals surface area (Å²) in [6.07, 6.45) is 5.25. The van der Waals surface area contributed by atoms with Gasteiger partial charge in [0.1, 0.15) is 24.0 Å². The number of nitrogens with zero attached hydrogens (tertiary/aromatic N) is 2. The lowest BCUT2D eigenvalue weighted by Crippen LogP contribution is -2.05. The second kappa shape index (κ2) is 6.19. The minimum absolute atomic E-state index is 0.529. The molecule has 30 heavy (non-hydrogen) atoms. The highest BCUT2D eigenvalue weighted by molar-refractivity contribution is 6.06. The summed E-state index contributed by atoms with van der Waals surface area (Å²) in [6.45, 7) is 8.09. The minimum atomic E-state index is 0.529. The molecule has 0 bridgehead atoms. The number of fused-ring (bicyclic) bond motifs is 6. The van der Waals surface area contributed by atoms with Gasteiger partial charge in [0.25, 0.3) is 0 Å². The highest BCUT2D eigenvalue weighted by atomic mass is 16.5. The van der Waals surface area contributed by atoms with Gasteiger partial charge in [-0.15, -0.1) is 0 Å². The molecule has 0 saturated carbocycles. The minimum Gasteiger partial charge on any atom is -0.488 e. The fraction of sp³-hybridized carbons (Fsp3) is 0.0400. The molecule has 0 atom stereocenters. The summed E-state index contributed by atoms with van der Waals surface area (Å²) >= 11 is 0. The van der Waals surface area contributed by atoms with Crippen molar-refractivity contribution < 1.29 is 4.74 Å². The van der Waals surface area contributed by atoms with Crippen LogP contribution in [0.4, 0.5) is 0 Å². The molecule has 0 radical (unpaired) electrons. The Labute approximate surface area is 172 Å². The van der Waals surface area contributed by atoms with Gasteiger partial charge in [0, 0.05) is 16.5 Å². The molecule has 5 nitrogen and oxygen atoms in total. The molecular weight excluding hydrogens is 372 g/mol. The van der Waals surface area contributed by atoms with Crippen LogP contribution in [-0.4, -0.2) is 19.9 Å². The molecule has 2 N–H and O–H groups in total. The van der Waals surface area contributed by atoms with E-state index in [4.69, 9.17) is 4.74 Å². The Morgan fingerprint density at radius 3 is 2.67 bits per heavy atom. The summed E-state index contributed by atoms with van der Waals surface area (Å²) in [5.74, 6) is 2.42. The van der Waals surface area contributed by atoms with Crippen LogP contribution < -0.4 is 4.74 Å². The van der Waals surface area contributed by atoms with Crippen molar-refractivity contribution in [1.82, 2.24) is 19.9 Å². The third kappa shape index (κ3) is 2.42. The normalized spacial score (nSPS) is 12.4. The Bertz CT molecular complexity index is 1490. The van der Waals surface area contributed by atoms with Crippen molar-refractivity contribution in [2.45, 2.75) is 6.61 Å². The first-order valence-corrected chi connectivity index (χ1v) is 9.76. The van der Waals surface area contributed by atoms with Gasteiger partial charge in [-0.25, -0.2) is 9.97 Å². The van der Waals surface area contributed by atoms with E-state index in [9.17, 15) is 0 Å². The van der Waals surface area contributed by atoms with Crippen LogP contribution >= 0.6 is 0 Å². The molecule has 5 aromatic rings. The van der Waals surface area contributed by atoms with Crippen LogP contribution in [0.2, 0.25) is 0 Å². The Hall–Kier alpha value is -4.12. The van der Waals surface area contributed by atoms with Crippen LogP contribution in [-0.2, 0) is 6.61 Å². The van der Waals surface area contributed by atoms with Crippen LogP contribution in [0.5, 0.6) is 5.75 Å². The number of aromatic amines is 2. The van der Waals surface area contributed by atoms with Gasteiger partial charge in [-0.1, -0.05) is 25.3 Å². The lowest BCUT2D eigenvalue weighted by molar-refractivity contribution is 0.302. The topological polar surface area (TPSA) is 66.6 Å². The fourth-order valence-electron chi connectivity index (χ4n) is 4.16.